The molecule has 0 aliphatic heterocycles. The Bertz CT molecular complexity index is 405. The zero-order valence-electron chi connectivity index (χ0n) is 8.57. The summed E-state index contributed by atoms with van der Waals surface area (Å²) in [6, 6.07) is 8.33. The Labute approximate surface area is 89.2 Å². The molecule has 1 aliphatic carbocycles. The van der Waals surface area contributed by atoms with Crippen LogP contribution >= 0.6 is 0 Å². The molecule has 1 aromatic carbocycles. The maximum absolute atomic E-state index is 10.4. The summed E-state index contributed by atoms with van der Waals surface area (Å²) < 4.78 is 0. The number of allylic oxidation sites excluding steroid dienone is 1. The normalized spacial score (nSPS) is 13.5. The second-order valence-electron chi connectivity index (χ2n) is 3.93. The van der Waals surface area contributed by atoms with E-state index in [9.17, 15) is 4.79 Å². The Morgan fingerprint density at radius 1 is 1.33 bits per heavy atom. The summed E-state index contributed by atoms with van der Waals surface area (Å²) in [6.07, 6.45) is 5.11. The van der Waals surface area contributed by atoms with Crippen LogP contribution in [0.2, 0.25) is 0 Å². The lowest BCUT2D eigenvalue weighted by Crippen LogP contribution is -1.94. The van der Waals surface area contributed by atoms with Gasteiger partial charge >= 0.3 is 5.97 Å². The van der Waals surface area contributed by atoms with Crippen LogP contribution in [0.1, 0.15) is 30.4 Å². The molecule has 2 rings (SSSR count). The predicted molar refractivity (Wildman–Crippen MR) is 59.6 cm³/mol. The minimum Gasteiger partial charge on any atom is -0.481 e. The molecule has 15 heavy (non-hydrogen) atoms. The number of fused-ring (bicyclic) bond motifs is 1. The molecule has 0 unspecified atom stereocenters. The van der Waals surface area contributed by atoms with Gasteiger partial charge in [-0.3, -0.25) is 4.79 Å². The lowest BCUT2D eigenvalue weighted by molar-refractivity contribution is -0.137. The molecule has 1 aliphatic rings. The van der Waals surface area contributed by atoms with Crippen molar-refractivity contribution in [2.45, 2.75) is 25.7 Å². The van der Waals surface area contributed by atoms with E-state index in [0.29, 0.717) is 0 Å². The van der Waals surface area contributed by atoms with Crippen molar-refractivity contribution in [1.29, 1.82) is 0 Å². The molecule has 0 fully saturated rings. The number of carbonyl (C=O) groups is 1. The number of carboxylic acid groups (broad SMARTS) is 1. The predicted octanol–water partition coefficient (Wildman–Crippen LogP) is 2.88. The fourth-order valence-corrected chi connectivity index (χ4v) is 1.98. The van der Waals surface area contributed by atoms with Crippen LogP contribution in [-0.4, -0.2) is 11.1 Å². The molecule has 0 saturated heterocycles. The highest BCUT2D eigenvalue weighted by atomic mass is 16.4. The lowest BCUT2D eigenvalue weighted by Gasteiger charge is -1.99. The molecular formula is C13H14O2. The molecule has 0 bridgehead atoms. The number of benzene rings is 1. The summed E-state index contributed by atoms with van der Waals surface area (Å²) in [4.78, 5) is 10.4. The molecule has 0 atom stereocenters. The van der Waals surface area contributed by atoms with Gasteiger partial charge in [0.2, 0.25) is 0 Å². The summed E-state index contributed by atoms with van der Waals surface area (Å²) in [5.74, 6) is -0.703. The summed E-state index contributed by atoms with van der Waals surface area (Å²) in [6.45, 7) is 0. The molecule has 0 heterocycles. The zero-order chi connectivity index (χ0) is 10.7. The summed E-state index contributed by atoms with van der Waals surface area (Å²) in [5.41, 5.74) is 4.02. The van der Waals surface area contributed by atoms with Crippen LogP contribution < -0.4 is 0 Å². The molecule has 0 spiro atoms. The fourth-order valence-electron chi connectivity index (χ4n) is 1.98. The van der Waals surface area contributed by atoms with Crippen molar-refractivity contribution in [2.24, 2.45) is 0 Å². The highest BCUT2D eigenvalue weighted by Crippen LogP contribution is 2.27. The first-order chi connectivity index (χ1) is 7.25. The Hall–Kier alpha value is -1.57. The molecule has 1 N–H and O–H groups in total. The lowest BCUT2D eigenvalue weighted by atomic mass is 10.1. The van der Waals surface area contributed by atoms with Gasteiger partial charge in [-0.05, 0) is 30.4 Å². The van der Waals surface area contributed by atoms with Crippen LogP contribution in [0.3, 0.4) is 0 Å². The van der Waals surface area contributed by atoms with E-state index in [0.717, 1.165) is 19.3 Å². The number of aliphatic carboxylic acids is 1. The summed E-state index contributed by atoms with van der Waals surface area (Å²) in [5, 5.41) is 8.54. The smallest absolute Gasteiger partial charge is 0.303 e. The van der Waals surface area contributed by atoms with Crippen LogP contribution in [0.25, 0.3) is 6.08 Å². The Morgan fingerprint density at radius 2 is 2.13 bits per heavy atom. The number of hydrogen-bond donors (Lipinski definition) is 1. The topological polar surface area (TPSA) is 37.3 Å². The van der Waals surface area contributed by atoms with Crippen LogP contribution in [0.5, 0.6) is 0 Å². The van der Waals surface area contributed by atoms with Crippen molar-refractivity contribution in [3.05, 3.63) is 41.0 Å². The minimum absolute atomic E-state index is 0.272. The number of hydrogen-bond acceptors (Lipinski definition) is 1. The van der Waals surface area contributed by atoms with Crippen LogP contribution in [-0.2, 0) is 11.2 Å². The second kappa shape index (κ2) is 4.30. The standard InChI is InChI=1S/C13H14O2/c14-13(15)7-3-4-10-8-11-5-1-2-6-12(11)9-10/h1-2,5-6,8H,3-4,7,9H2,(H,14,15). The molecule has 2 nitrogen and oxygen atoms in total. The molecule has 0 aromatic heterocycles. The maximum atomic E-state index is 10.4. The molecule has 78 valence electrons. The number of rotatable bonds is 4. The van der Waals surface area contributed by atoms with E-state index in [4.69, 9.17) is 5.11 Å². The monoisotopic (exact) mass is 202 g/mol. The van der Waals surface area contributed by atoms with Gasteiger partial charge in [0.15, 0.2) is 0 Å². The zero-order valence-corrected chi connectivity index (χ0v) is 8.57. The summed E-state index contributed by atoms with van der Waals surface area (Å²) in [7, 11) is 0. The minimum atomic E-state index is -0.703. The summed E-state index contributed by atoms with van der Waals surface area (Å²) >= 11 is 0. The van der Waals surface area contributed by atoms with Crippen molar-refractivity contribution in [3.8, 4) is 0 Å². The van der Waals surface area contributed by atoms with Crippen LogP contribution in [0.4, 0.5) is 0 Å². The molecular weight excluding hydrogens is 188 g/mol. The fraction of sp³-hybridized carbons (Fsp3) is 0.308. The first-order valence-electron chi connectivity index (χ1n) is 5.25. The van der Waals surface area contributed by atoms with Crippen molar-refractivity contribution >= 4 is 12.0 Å². The van der Waals surface area contributed by atoms with E-state index in [1.165, 1.54) is 16.7 Å². The third-order valence-corrected chi connectivity index (χ3v) is 2.72. The Balaban J connectivity index is 1.91. The SMILES string of the molecule is O=C(O)CCCC1=Cc2ccccc2C1. The second-order valence-corrected chi connectivity index (χ2v) is 3.93. The first-order valence-corrected chi connectivity index (χ1v) is 5.25. The van der Waals surface area contributed by atoms with Gasteiger partial charge in [-0.15, -0.1) is 0 Å². The third kappa shape index (κ3) is 2.46. The van der Waals surface area contributed by atoms with Gasteiger partial charge < -0.3 is 5.11 Å². The van der Waals surface area contributed by atoms with Gasteiger partial charge in [0.25, 0.3) is 0 Å². The molecule has 0 saturated carbocycles. The maximum Gasteiger partial charge on any atom is 0.303 e. The van der Waals surface area contributed by atoms with Crippen molar-refractivity contribution < 1.29 is 9.90 Å². The molecule has 1 aromatic rings. The van der Waals surface area contributed by atoms with E-state index in [1.807, 2.05) is 12.1 Å². The highest BCUT2D eigenvalue weighted by molar-refractivity contribution is 5.67. The third-order valence-electron chi connectivity index (χ3n) is 2.72. The average molecular weight is 202 g/mol. The van der Waals surface area contributed by atoms with Gasteiger partial charge in [0.05, 0.1) is 0 Å². The highest BCUT2D eigenvalue weighted by Gasteiger charge is 2.11. The van der Waals surface area contributed by atoms with Crippen LogP contribution in [0, 0.1) is 0 Å². The van der Waals surface area contributed by atoms with Crippen molar-refractivity contribution in [2.75, 3.05) is 0 Å². The average Bonchev–Trinajstić information content (AvgIpc) is 2.59. The molecule has 0 amide bonds. The van der Waals surface area contributed by atoms with E-state index in [2.05, 4.69) is 18.2 Å². The molecule has 2 heteroatoms. The van der Waals surface area contributed by atoms with Gasteiger partial charge in [0.1, 0.15) is 0 Å². The Kier molecular flexibility index (Phi) is 2.86. The molecule has 0 radical (unpaired) electrons. The van der Waals surface area contributed by atoms with Gasteiger partial charge in [-0.1, -0.05) is 35.9 Å². The first kappa shape index (κ1) is 9.97. The van der Waals surface area contributed by atoms with Crippen molar-refractivity contribution in [1.82, 2.24) is 0 Å². The van der Waals surface area contributed by atoms with Crippen molar-refractivity contribution in [3.63, 3.8) is 0 Å². The largest absolute Gasteiger partial charge is 0.481 e. The quantitative estimate of drug-likeness (QED) is 0.815. The van der Waals surface area contributed by atoms with Gasteiger partial charge in [-0.2, -0.15) is 0 Å². The van der Waals surface area contributed by atoms with E-state index < -0.39 is 5.97 Å². The van der Waals surface area contributed by atoms with E-state index >= 15 is 0 Å². The van der Waals surface area contributed by atoms with Gasteiger partial charge in [0, 0.05) is 6.42 Å². The van der Waals surface area contributed by atoms with Gasteiger partial charge in [-0.25, -0.2) is 0 Å². The van der Waals surface area contributed by atoms with Crippen LogP contribution in [0.15, 0.2) is 29.8 Å². The number of carboxylic acids is 1. The Morgan fingerprint density at radius 3 is 2.87 bits per heavy atom. The van der Waals surface area contributed by atoms with E-state index in [1.54, 1.807) is 0 Å². The van der Waals surface area contributed by atoms with E-state index in [-0.39, 0.29) is 6.42 Å².